The summed E-state index contributed by atoms with van der Waals surface area (Å²) in [6, 6.07) is 7.82. The van der Waals surface area contributed by atoms with E-state index in [4.69, 9.17) is 4.74 Å². The number of carbonyl (C=O) groups is 1. The van der Waals surface area contributed by atoms with E-state index < -0.39 is 0 Å². The Balaban J connectivity index is 1.81. The Hall–Kier alpha value is -2.37. The van der Waals surface area contributed by atoms with Gasteiger partial charge in [0.2, 0.25) is 0 Å². The minimum absolute atomic E-state index is 0.0396. The number of ether oxygens (including phenoxy) is 1. The van der Waals surface area contributed by atoms with E-state index in [-0.39, 0.29) is 5.91 Å². The van der Waals surface area contributed by atoms with Crippen molar-refractivity contribution in [3.8, 4) is 11.4 Å². The Morgan fingerprint density at radius 1 is 1.48 bits per heavy atom. The zero-order valence-electron chi connectivity index (χ0n) is 12.2. The molecule has 1 atom stereocenters. The number of likely N-dealkylation sites (tertiary alicyclic amines) is 1. The maximum atomic E-state index is 12.3. The quantitative estimate of drug-likeness (QED) is 0.861. The van der Waals surface area contributed by atoms with Crippen LogP contribution in [0.2, 0.25) is 0 Å². The zero-order valence-corrected chi connectivity index (χ0v) is 12.2. The topological polar surface area (TPSA) is 60.2 Å². The van der Waals surface area contributed by atoms with E-state index >= 15 is 0 Å². The van der Waals surface area contributed by atoms with Gasteiger partial charge in [-0.1, -0.05) is 18.2 Å². The van der Waals surface area contributed by atoms with Gasteiger partial charge in [0.05, 0.1) is 19.0 Å². The summed E-state index contributed by atoms with van der Waals surface area (Å²) in [4.78, 5) is 14.2. The van der Waals surface area contributed by atoms with Gasteiger partial charge in [0.15, 0.2) is 5.69 Å². The van der Waals surface area contributed by atoms with Crippen LogP contribution in [0.4, 0.5) is 0 Å². The molecule has 1 aliphatic rings. The highest BCUT2D eigenvalue weighted by Crippen LogP contribution is 2.22. The van der Waals surface area contributed by atoms with Crippen molar-refractivity contribution < 1.29 is 9.53 Å². The molecule has 2 aromatic rings. The number of methoxy groups -OCH3 is 1. The molecule has 3 rings (SSSR count). The molecule has 0 aliphatic carbocycles. The molecule has 6 nitrogen and oxygen atoms in total. The zero-order chi connectivity index (χ0) is 14.8. The number of rotatable bonds is 4. The summed E-state index contributed by atoms with van der Waals surface area (Å²) in [5, 5.41) is 8.04. The van der Waals surface area contributed by atoms with Crippen molar-refractivity contribution in [3.63, 3.8) is 0 Å². The summed E-state index contributed by atoms with van der Waals surface area (Å²) in [5.74, 6) is 0.701. The highest BCUT2D eigenvalue weighted by atomic mass is 16.5. The third-order valence-electron chi connectivity index (χ3n) is 3.91. The summed E-state index contributed by atoms with van der Waals surface area (Å²) < 4.78 is 6.78. The Kier molecular flexibility index (Phi) is 3.60. The molecule has 110 valence electrons. The second-order valence-corrected chi connectivity index (χ2v) is 5.10. The van der Waals surface area contributed by atoms with Gasteiger partial charge in [-0.05, 0) is 25.0 Å². The van der Waals surface area contributed by atoms with Crippen LogP contribution in [0.25, 0.3) is 5.69 Å². The Labute approximate surface area is 123 Å². The molecule has 1 amide bonds. The second kappa shape index (κ2) is 5.55. The lowest BCUT2D eigenvalue weighted by molar-refractivity contribution is 0.0449. The van der Waals surface area contributed by atoms with Gasteiger partial charge in [-0.25, -0.2) is 4.68 Å². The predicted molar refractivity (Wildman–Crippen MR) is 77.6 cm³/mol. The van der Waals surface area contributed by atoms with Crippen LogP contribution in [0.15, 0.2) is 30.5 Å². The number of carbonyl (C=O) groups excluding carboxylic acids is 1. The Bertz CT molecular complexity index is 651. The first-order valence-corrected chi connectivity index (χ1v) is 7.10. The molecule has 1 unspecified atom stereocenters. The smallest absolute Gasteiger partial charge is 0.276 e. The summed E-state index contributed by atoms with van der Waals surface area (Å²) in [6.07, 6.45) is 3.73. The molecule has 6 heteroatoms. The highest BCUT2D eigenvalue weighted by Gasteiger charge is 2.32. The summed E-state index contributed by atoms with van der Waals surface area (Å²) >= 11 is 0. The fourth-order valence-electron chi connectivity index (χ4n) is 2.52. The van der Waals surface area contributed by atoms with Crippen molar-refractivity contribution in [2.75, 3.05) is 13.7 Å². The number of hydrogen-bond donors (Lipinski definition) is 0. The van der Waals surface area contributed by atoms with Crippen LogP contribution in [0, 0.1) is 0 Å². The molecule has 0 radical (unpaired) electrons. The molecule has 1 aliphatic heterocycles. The van der Waals surface area contributed by atoms with Gasteiger partial charge in [0, 0.05) is 18.7 Å². The van der Waals surface area contributed by atoms with Gasteiger partial charge < -0.3 is 9.64 Å². The fraction of sp³-hybridized carbons (Fsp3) is 0.400. The van der Waals surface area contributed by atoms with Crippen molar-refractivity contribution in [2.24, 2.45) is 0 Å². The van der Waals surface area contributed by atoms with Crippen molar-refractivity contribution in [1.82, 2.24) is 19.9 Å². The Morgan fingerprint density at radius 2 is 2.33 bits per heavy atom. The second-order valence-electron chi connectivity index (χ2n) is 5.10. The molecule has 0 N–H and O–H groups in total. The molecule has 1 aromatic heterocycles. The molecular formula is C15H18N4O2. The van der Waals surface area contributed by atoms with Gasteiger partial charge in [0.1, 0.15) is 5.75 Å². The number of benzene rings is 1. The molecule has 0 bridgehead atoms. The van der Waals surface area contributed by atoms with Crippen LogP contribution >= 0.6 is 0 Å². The number of aromatic nitrogens is 3. The minimum Gasteiger partial charge on any atom is -0.497 e. The Morgan fingerprint density at radius 3 is 3.00 bits per heavy atom. The van der Waals surface area contributed by atoms with Crippen molar-refractivity contribution in [1.29, 1.82) is 0 Å². The monoisotopic (exact) mass is 286 g/mol. The van der Waals surface area contributed by atoms with Gasteiger partial charge in [-0.3, -0.25) is 4.79 Å². The molecule has 21 heavy (non-hydrogen) atoms. The van der Waals surface area contributed by atoms with E-state index in [0.29, 0.717) is 11.7 Å². The third-order valence-corrected chi connectivity index (χ3v) is 3.91. The maximum absolute atomic E-state index is 12.3. The van der Waals surface area contributed by atoms with Gasteiger partial charge >= 0.3 is 0 Å². The van der Waals surface area contributed by atoms with E-state index in [2.05, 4.69) is 17.2 Å². The molecular weight excluding hydrogens is 268 g/mol. The first kappa shape index (κ1) is 13.6. The van der Waals surface area contributed by atoms with Crippen molar-refractivity contribution in [2.45, 2.75) is 25.8 Å². The van der Waals surface area contributed by atoms with Gasteiger partial charge in [-0.15, -0.1) is 5.10 Å². The first-order valence-electron chi connectivity index (χ1n) is 7.10. The van der Waals surface area contributed by atoms with E-state index in [1.807, 2.05) is 29.2 Å². The number of amides is 1. The summed E-state index contributed by atoms with van der Waals surface area (Å²) in [5.41, 5.74) is 1.20. The summed E-state index contributed by atoms with van der Waals surface area (Å²) in [7, 11) is 1.62. The molecule has 1 aromatic carbocycles. The SMILES string of the molecule is CCC1CCN1C(=O)c1cn(-c2cccc(OC)c2)nn1. The molecule has 0 spiro atoms. The lowest BCUT2D eigenvalue weighted by Crippen LogP contribution is -2.50. The standard InChI is InChI=1S/C15H18N4O2/c1-3-11-7-8-18(11)15(20)14-10-19(17-16-14)12-5-4-6-13(9-12)21-2/h4-6,9-11H,3,7-8H2,1-2H3. The normalized spacial score (nSPS) is 17.4. The molecule has 2 heterocycles. The lowest BCUT2D eigenvalue weighted by Gasteiger charge is -2.40. The average molecular weight is 286 g/mol. The molecule has 1 saturated heterocycles. The van der Waals surface area contributed by atoms with Crippen LogP contribution in [0.3, 0.4) is 0 Å². The third kappa shape index (κ3) is 2.49. The van der Waals surface area contributed by atoms with E-state index in [1.165, 1.54) is 0 Å². The van der Waals surface area contributed by atoms with E-state index in [0.717, 1.165) is 30.8 Å². The predicted octanol–water partition coefficient (Wildman–Crippen LogP) is 1.90. The largest absolute Gasteiger partial charge is 0.497 e. The first-order chi connectivity index (χ1) is 10.2. The van der Waals surface area contributed by atoms with E-state index in [1.54, 1.807) is 18.0 Å². The van der Waals surface area contributed by atoms with Gasteiger partial charge in [-0.2, -0.15) is 0 Å². The van der Waals surface area contributed by atoms with Crippen LogP contribution < -0.4 is 4.74 Å². The van der Waals surface area contributed by atoms with E-state index in [9.17, 15) is 4.79 Å². The fourth-order valence-corrected chi connectivity index (χ4v) is 2.52. The number of nitrogens with zero attached hydrogens (tertiary/aromatic N) is 4. The lowest BCUT2D eigenvalue weighted by atomic mass is 10.0. The highest BCUT2D eigenvalue weighted by molar-refractivity contribution is 5.92. The van der Waals surface area contributed by atoms with Gasteiger partial charge in [0.25, 0.3) is 5.91 Å². The maximum Gasteiger partial charge on any atom is 0.276 e. The van der Waals surface area contributed by atoms with Crippen LogP contribution in [-0.4, -0.2) is 45.5 Å². The minimum atomic E-state index is -0.0396. The number of hydrogen-bond acceptors (Lipinski definition) is 4. The van der Waals surface area contributed by atoms with Crippen LogP contribution in [0.1, 0.15) is 30.3 Å². The average Bonchev–Trinajstić information content (AvgIpc) is 2.96. The van der Waals surface area contributed by atoms with Crippen molar-refractivity contribution >= 4 is 5.91 Å². The summed E-state index contributed by atoms with van der Waals surface area (Å²) in [6.45, 7) is 2.90. The molecule has 0 saturated carbocycles. The van der Waals surface area contributed by atoms with Crippen molar-refractivity contribution in [3.05, 3.63) is 36.2 Å². The van der Waals surface area contributed by atoms with Crippen LogP contribution in [-0.2, 0) is 0 Å². The van der Waals surface area contributed by atoms with Crippen LogP contribution in [0.5, 0.6) is 5.75 Å². The molecule has 1 fully saturated rings.